The van der Waals surface area contributed by atoms with Crippen molar-refractivity contribution in [2.75, 3.05) is 19.6 Å². The molecule has 0 radical (unpaired) electrons. The summed E-state index contributed by atoms with van der Waals surface area (Å²) in [5.74, 6) is -1.31. The Hall–Kier alpha value is -1.99. The second-order valence-electron chi connectivity index (χ2n) is 4.42. The fourth-order valence-electron chi connectivity index (χ4n) is 1.97. The Morgan fingerprint density at radius 2 is 2.24 bits per heavy atom. The van der Waals surface area contributed by atoms with Crippen LogP contribution < -0.4 is 10.6 Å². The first-order valence-electron chi connectivity index (χ1n) is 6.18. The van der Waals surface area contributed by atoms with Crippen LogP contribution in [-0.4, -0.2) is 30.5 Å². The SMILES string of the molecule is Cl.O=C(NCC1=CCNCC1)c1ccc(F)cc1[N+](=O)[O-]. The predicted octanol–water partition coefficient (Wildman–Crippen LogP) is 1.81. The van der Waals surface area contributed by atoms with Crippen LogP contribution in [0.15, 0.2) is 29.8 Å². The van der Waals surface area contributed by atoms with Gasteiger partial charge in [0, 0.05) is 13.1 Å². The second kappa shape index (κ2) is 7.70. The summed E-state index contributed by atoms with van der Waals surface area (Å²) in [5.41, 5.74) is 0.412. The summed E-state index contributed by atoms with van der Waals surface area (Å²) in [4.78, 5) is 22.0. The highest BCUT2D eigenvalue weighted by Crippen LogP contribution is 2.19. The van der Waals surface area contributed by atoms with Crippen molar-refractivity contribution in [1.29, 1.82) is 0 Å². The van der Waals surface area contributed by atoms with Crippen molar-refractivity contribution in [2.45, 2.75) is 6.42 Å². The number of benzene rings is 1. The number of hydrogen-bond acceptors (Lipinski definition) is 4. The highest BCUT2D eigenvalue weighted by molar-refractivity contribution is 5.98. The average Bonchev–Trinajstić information content (AvgIpc) is 2.45. The number of nitrogens with zero attached hydrogens (tertiary/aromatic N) is 1. The summed E-state index contributed by atoms with van der Waals surface area (Å²) in [5, 5.41) is 16.6. The molecule has 114 valence electrons. The van der Waals surface area contributed by atoms with Crippen LogP contribution in [0.25, 0.3) is 0 Å². The highest BCUT2D eigenvalue weighted by Gasteiger charge is 2.20. The molecular formula is C13H15ClFN3O3. The van der Waals surface area contributed by atoms with Gasteiger partial charge in [0.25, 0.3) is 11.6 Å². The smallest absolute Gasteiger partial charge is 0.285 e. The number of carbonyl (C=O) groups is 1. The number of hydrogen-bond donors (Lipinski definition) is 2. The molecule has 0 bridgehead atoms. The van der Waals surface area contributed by atoms with Crippen LogP contribution in [0.1, 0.15) is 16.8 Å². The summed E-state index contributed by atoms with van der Waals surface area (Å²) in [6.07, 6.45) is 2.80. The third-order valence-electron chi connectivity index (χ3n) is 3.04. The van der Waals surface area contributed by atoms with E-state index < -0.39 is 22.3 Å². The minimum Gasteiger partial charge on any atom is -0.348 e. The van der Waals surface area contributed by atoms with E-state index >= 15 is 0 Å². The third-order valence-corrected chi connectivity index (χ3v) is 3.04. The van der Waals surface area contributed by atoms with Crippen molar-refractivity contribution >= 4 is 24.0 Å². The molecule has 1 amide bonds. The van der Waals surface area contributed by atoms with E-state index in [1.807, 2.05) is 6.08 Å². The zero-order chi connectivity index (χ0) is 14.5. The minimum atomic E-state index is -0.762. The molecule has 1 aromatic rings. The lowest BCUT2D eigenvalue weighted by Crippen LogP contribution is -2.30. The molecule has 1 aromatic carbocycles. The molecule has 0 fully saturated rings. The van der Waals surface area contributed by atoms with Crippen LogP contribution in [0.5, 0.6) is 0 Å². The number of nitro benzene ring substituents is 1. The largest absolute Gasteiger partial charge is 0.348 e. The van der Waals surface area contributed by atoms with Crippen LogP contribution in [-0.2, 0) is 0 Å². The zero-order valence-corrected chi connectivity index (χ0v) is 11.9. The molecule has 2 N–H and O–H groups in total. The van der Waals surface area contributed by atoms with Crippen molar-refractivity contribution in [3.05, 3.63) is 51.3 Å². The lowest BCUT2D eigenvalue weighted by atomic mass is 10.1. The van der Waals surface area contributed by atoms with E-state index in [4.69, 9.17) is 0 Å². The fraction of sp³-hybridized carbons (Fsp3) is 0.308. The quantitative estimate of drug-likeness (QED) is 0.504. The summed E-state index contributed by atoms with van der Waals surface area (Å²) >= 11 is 0. The molecular weight excluding hydrogens is 301 g/mol. The Bertz CT molecular complexity index is 578. The molecule has 0 atom stereocenters. The first-order chi connectivity index (χ1) is 9.58. The molecule has 1 heterocycles. The summed E-state index contributed by atoms with van der Waals surface area (Å²) in [6, 6.07) is 2.91. The number of nitrogens with one attached hydrogen (secondary N) is 2. The van der Waals surface area contributed by atoms with Crippen molar-refractivity contribution in [1.82, 2.24) is 10.6 Å². The number of rotatable bonds is 4. The summed E-state index contributed by atoms with van der Waals surface area (Å²) < 4.78 is 13.0. The Labute approximate surface area is 127 Å². The van der Waals surface area contributed by atoms with Gasteiger partial charge in [-0.3, -0.25) is 14.9 Å². The molecule has 0 unspecified atom stereocenters. The van der Waals surface area contributed by atoms with E-state index in [2.05, 4.69) is 10.6 Å². The van der Waals surface area contributed by atoms with Crippen LogP contribution in [0.3, 0.4) is 0 Å². The maximum absolute atomic E-state index is 13.0. The maximum Gasteiger partial charge on any atom is 0.285 e. The van der Waals surface area contributed by atoms with E-state index in [1.54, 1.807) is 0 Å². The first kappa shape index (κ1) is 17.1. The molecule has 1 aliphatic heterocycles. The van der Waals surface area contributed by atoms with Gasteiger partial charge in [-0.25, -0.2) is 4.39 Å². The molecule has 0 spiro atoms. The van der Waals surface area contributed by atoms with E-state index in [9.17, 15) is 19.3 Å². The first-order valence-corrected chi connectivity index (χ1v) is 6.18. The molecule has 1 aliphatic rings. The van der Waals surface area contributed by atoms with Gasteiger partial charge in [-0.2, -0.15) is 0 Å². The molecule has 6 nitrogen and oxygen atoms in total. The third kappa shape index (κ3) is 4.51. The van der Waals surface area contributed by atoms with Crippen molar-refractivity contribution < 1.29 is 14.1 Å². The summed E-state index contributed by atoms with van der Waals surface area (Å²) in [7, 11) is 0. The number of halogens is 2. The monoisotopic (exact) mass is 315 g/mol. The second-order valence-corrected chi connectivity index (χ2v) is 4.42. The molecule has 0 aromatic heterocycles. The van der Waals surface area contributed by atoms with Crippen LogP contribution in [0, 0.1) is 15.9 Å². The topological polar surface area (TPSA) is 84.3 Å². The minimum absolute atomic E-state index is 0. The molecule has 8 heteroatoms. The van der Waals surface area contributed by atoms with E-state index in [1.165, 1.54) is 0 Å². The van der Waals surface area contributed by atoms with Gasteiger partial charge in [0.15, 0.2) is 0 Å². The molecule has 21 heavy (non-hydrogen) atoms. The lowest BCUT2D eigenvalue weighted by Gasteiger charge is -2.14. The van der Waals surface area contributed by atoms with Gasteiger partial charge >= 0.3 is 0 Å². The van der Waals surface area contributed by atoms with Gasteiger partial charge in [0.05, 0.1) is 11.0 Å². The average molecular weight is 316 g/mol. The molecule has 0 aliphatic carbocycles. The van der Waals surface area contributed by atoms with E-state index in [0.29, 0.717) is 6.54 Å². The van der Waals surface area contributed by atoms with Crippen molar-refractivity contribution in [2.24, 2.45) is 0 Å². The van der Waals surface area contributed by atoms with Crippen LogP contribution in [0.4, 0.5) is 10.1 Å². The number of amides is 1. The van der Waals surface area contributed by atoms with Crippen LogP contribution in [0.2, 0.25) is 0 Å². The number of nitro groups is 1. The zero-order valence-electron chi connectivity index (χ0n) is 11.1. The molecule has 0 saturated carbocycles. The van der Waals surface area contributed by atoms with Gasteiger partial charge in [0.2, 0.25) is 0 Å². The van der Waals surface area contributed by atoms with Gasteiger partial charge in [0.1, 0.15) is 11.4 Å². The van der Waals surface area contributed by atoms with Gasteiger partial charge in [-0.15, -0.1) is 12.4 Å². The molecule has 0 saturated heterocycles. The Kier molecular flexibility index (Phi) is 6.26. The van der Waals surface area contributed by atoms with Gasteiger partial charge in [-0.05, 0) is 25.1 Å². The van der Waals surface area contributed by atoms with E-state index in [0.717, 1.165) is 43.3 Å². The van der Waals surface area contributed by atoms with Crippen LogP contribution >= 0.6 is 12.4 Å². The Balaban J connectivity index is 0.00000220. The van der Waals surface area contributed by atoms with Crippen molar-refractivity contribution in [3.8, 4) is 0 Å². The summed E-state index contributed by atoms with van der Waals surface area (Å²) in [6.45, 7) is 1.94. The van der Waals surface area contributed by atoms with Crippen molar-refractivity contribution in [3.63, 3.8) is 0 Å². The Morgan fingerprint density at radius 3 is 2.86 bits per heavy atom. The normalized spacial score (nSPS) is 13.9. The predicted molar refractivity (Wildman–Crippen MR) is 78.2 cm³/mol. The standard InChI is InChI=1S/C13H14FN3O3.ClH/c14-10-1-2-11(12(7-10)17(19)20)13(18)16-8-9-3-5-15-6-4-9;/h1-3,7,15H,4-6,8H2,(H,16,18);1H. The van der Waals surface area contributed by atoms with Gasteiger partial charge in [-0.1, -0.05) is 11.6 Å². The van der Waals surface area contributed by atoms with E-state index in [-0.39, 0.29) is 18.0 Å². The van der Waals surface area contributed by atoms with Gasteiger partial charge < -0.3 is 10.6 Å². The molecule has 2 rings (SSSR count). The highest BCUT2D eigenvalue weighted by atomic mass is 35.5. The maximum atomic E-state index is 13.0. The lowest BCUT2D eigenvalue weighted by molar-refractivity contribution is -0.385. The Morgan fingerprint density at radius 1 is 1.48 bits per heavy atom. The fourth-order valence-corrected chi connectivity index (χ4v) is 1.97. The number of carbonyl (C=O) groups excluding carboxylic acids is 1.